The quantitative estimate of drug-likeness (QED) is 0.723. The molecule has 21 heavy (non-hydrogen) atoms. The minimum Gasteiger partial charge on any atom is -0.352 e. The van der Waals surface area contributed by atoms with Gasteiger partial charge in [0.05, 0.1) is 0 Å². The molecule has 0 saturated heterocycles. The van der Waals surface area contributed by atoms with E-state index in [2.05, 4.69) is 29.3 Å². The zero-order valence-electron chi connectivity index (χ0n) is 13.0. The molecular formula is C15H26N4O2. The fourth-order valence-corrected chi connectivity index (χ4v) is 2.36. The van der Waals surface area contributed by atoms with Crippen molar-refractivity contribution >= 4 is 5.91 Å². The van der Waals surface area contributed by atoms with Gasteiger partial charge in [-0.2, -0.15) is 4.98 Å². The van der Waals surface area contributed by atoms with Crippen LogP contribution in [0.15, 0.2) is 4.52 Å². The molecule has 0 aliphatic heterocycles. The molecule has 1 unspecified atom stereocenters. The van der Waals surface area contributed by atoms with Crippen molar-refractivity contribution in [2.45, 2.75) is 64.3 Å². The number of carbonyl (C=O) groups excluding carboxylic acids is 1. The number of nitrogens with two attached hydrogens (primary N) is 1. The Morgan fingerprint density at radius 2 is 2.24 bits per heavy atom. The summed E-state index contributed by atoms with van der Waals surface area (Å²) in [6, 6.07) is 0.0716. The predicted molar refractivity (Wildman–Crippen MR) is 79.7 cm³/mol. The number of hydrogen-bond acceptors (Lipinski definition) is 5. The zero-order valence-corrected chi connectivity index (χ0v) is 13.0. The molecule has 0 radical (unpaired) electrons. The van der Waals surface area contributed by atoms with Crippen LogP contribution in [0.5, 0.6) is 0 Å². The molecule has 1 heterocycles. The predicted octanol–water partition coefficient (Wildman–Crippen LogP) is 1.76. The van der Waals surface area contributed by atoms with E-state index in [0.29, 0.717) is 37.1 Å². The summed E-state index contributed by atoms with van der Waals surface area (Å²) in [5.74, 6) is 2.55. The van der Waals surface area contributed by atoms with Crippen molar-refractivity contribution < 1.29 is 9.32 Å². The number of carbonyl (C=O) groups is 1. The summed E-state index contributed by atoms with van der Waals surface area (Å²) in [6.07, 6.45) is 5.09. The second-order valence-corrected chi connectivity index (χ2v) is 6.30. The van der Waals surface area contributed by atoms with Crippen LogP contribution >= 0.6 is 0 Å². The third-order valence-electron chi connectivity index (χ3n) is 3.63. The first-order valence-electron chi connectivity index (χ1n) is 7.90. The molecule has 1 amide bonds. The lowest BCUT2D eigenvalue weighted by Crippen LogP contribution is -2.40. The van der Waals surface area contributed by atoms with E-state index in [1.54, 1.807) is 0 Å². The SMILES string of the molecule is CC(C)CC(CN)NC(=O)CCCc1nc(C2CC2)no1. The Morgan fingerprint density at radius 1 is 1.48 bits per heavy atom. The molecule has 1 saturated carbocycles. The van der Waals surface area contributed by atoms with E-state index in [1.165, 1.54) is 0 Å². The Kier molecular flexibility index (Phi) is 5.73. The van der Waals surface area contributed by atoms with Crippen LogP contribution in [0.25, 0.3) is 0 Å². The highest BCUT2D eigenvalue weighted by atomic mass is 16.5. The van der Waals surface area contributed by atoms with Gasteiger partial charge in [0, 0.05) is 31.3 Å². The summed E-state index contributed by atoms with van der Waals surface area (Å²) in [4.78, 5) is 16.2. The summed E-state index contributed by atoms with van der Waals surface area (Å²) >= 11 is 0. The molecule has 1 fully saturated rings. The lowest BCUT2D eigenvalue weighted by Gasteiger charge is -2.18. The Bertz CT molecular complexity index is 454. The van der Waals surface area contributed by atoms with Crippen molar-refractivity contribution in [1.82, 2.24) is 15.5 Å². The van der Waals surface area contributed by atoms with Gasteiger partial charge < -0.3 is 15.6 Å². The largest absolute Gasteiger partial charge is 0.352 e. The van der Waals surface area contributed by atoms with Crippen molar-refractivity contribution in [1.29, 1.82) is 0 Å². The van der Waals surface area contributed by atoms with E-state index in [0.717, 1.165) is 31.5 Å². The molecular weight excluding hydrogens is 268 g/mol. The van der Waals surface area contributed by atoms with Gasteiger partial charge in [-0.3, -0.25) is 4.79 Å². The van der Waals surface area contributed by atoms with Crippen molar-refractivity contribution in [2.75, 3.05) is 6.54 Å². The maximum Gasteiger partial charge on any atom is 0.226 e. The molecule has 1 aliphatic rings. The molecule has 6 heteroatoms. The van der Waals surface area contributed by atoms with E-state index < -0.39 is 0 Å². The summed E-state index contributed by atoms with van der Waals surface area (Å²) in [6.45, 7) is 4.74. The van der Waals surface area contributed by atoms with E-state index in [-0.39, 0.29) is 11.9 Å². The van der Waals surface area contributed by atoms with Crippen molar-refractivity contribution in [3.8, 4) is 0 Å². The first-order valence-corrected chi connectivity index (χ1v) is 7.90. The second-order valence-electron chi connectivity index (χ2n) is 6.30. The molecule has 1 aromatic rings. The molecule has 0 bridgehead atoms. The van der Waals surface area contributed by atoms with Gasteiger partial charge in [0.25, 0.3) is 0 Å². The van der Waals surface area contributed by atoms with Crippen LogP contribution in [-0.2, 0) is 11.2 Å². The number of aromatic nitrogens is 2. The highest BCUT2D eigenvalue weighted by Gasteiger charge is 2.28. The van der Waals surface area contributed by atoms with Gasteiger partial charge in [-0.15, -0.1) is 0 Å². The number of amides is 1. The molecule has 3 N–H and O–H groups in total. The van der Waals surface area contributed by atoms with Crippen LogP contribution in [0.2, 0.25) is 0 Å². The van der Waals surface area contributed by atoms with Crippen LogP contribution in [0.4, 0.5) is 0 Å². The highest BCUT2D eigenvalue weighted by Crippen LogP contribution is 2.38. The fraction of sp³-hybridized carbons (Fsp3) is 0.800. The Hall–Kier alpha value is -1.43. The minimum absolute atomic E-state index is 0.0491. The van der Waals surface area contributed by atoms with Gasteiger partial charge in [-0.25, -0.2) is 0 Å². The topological polar surface area (TPSA) is 94.0 Å². The smallest absolute Gasteiger partial charge is 0.226 e. The molecule has 0 spiro atoms. The van der Waals surface area contributed by atoms with Crippen LogP contribution in [0.3, 0.4) is 0 Å². The lowest BCUT2D eigenvalue weighted by molar-refractivity contribution is -0.121. The highest BCUT2D eigenvalue weighted by molar-refractivity contribution is 5.76. The molecule has 1 aliphatic carbocycles. The summed E-state index contributed by atoms with van der Waals surface area (Å²) in [5, 5.41) is 6.95. The van der Waals surface area contributed by atoms with Crippen LogP contribution in [0, 0.1) is 5.92 Å². The average molecular weight is 294 g/mol. The number of rotatable bonds is 9. The fourth-order valence-electron chi connectivity index (χ4n) is 2.36. The standard InChI is InChI=1S/C15H26N4O2/c1-10(2)8-12(9-16)17-13(20)4-3-5-14-18-15(19-21-14)11-6-7-11/h10-12H,3-9,16H2,1-2H3,(H,17,20). The van der Waals surface area contributed by atoms with Gasteiger partial charge in [0.15, 0.2) is 5.82 Å². The van der Waals surface area contributed by atoms with Gasteiger partial charge in [0.2, 0.25) is 11.8 Å². The molecule has 1 atom stereocenters. The number of nitrogens with zero attached hydrogens (tertiary/aromatic N) is 2. The Morgan fingerprint density at radius 3 is 2.86 bits per heavy atom. The molecule has 2 rings (SSSR count). The Balaban J connectivity index is 1.65. The number of hydrogen-bond donors (Lipinski definition) is 2. The zero-order chi connectivity index (χ0) is 15.2. The number of aryl methyl sites for hydroxylation is 1. The van der Waals surface area contributed by atoms with E-state index in [9.17, 15) is 4.79 Å². The van der Waals surface area contributed by atoms with E-state index in [4.69, 9.17) is 10.3 Å². The van der Waals surface area contributed by atoms with Crippen molar-refractivity contribution in [2.24, 2.45) is 11.7 Å². The van der Waals surface area contributed by atoms with Crippen LogP contribution < -0.4 is 11.1 Å². The van der Waals surface area contributed by atoms with Crippen LogP contribution in [-0.4, -0.2) is 28.6 Å². The first kappa shape index (κ1) is 15.9. The second kappa shape index (κ2) is 7.54. The third kappa shape index (κ3) is 5.46. The average Bonchev–Trinajstić information content (AvgIpc) is 3.18. The minimum atomic E-state index is 0.0491. The molecule has 6 nitrogen and oxygen atoms in total. The van der Waals surface area contributed by atoms with Gasteiger partial charge in [-0.05, 0) is 31.6 Å². The van der Waals surface area contributed by atoms with Crippen molar-refractivity contribution in [3.05, 3.63) is 11.7 Å². The first-order chi connectivity index (χ1) is 10.1. The van der Waals surface area contributed by atoms with Crippen LogP contribution in [0.1, 0.15) is 63.6 Å². The van der Waals surface area contributed by atoms with E-state index in [1.807, 2.05) is 0 Å². The normalized spacial score (nSPS) is 16.2. The monoisotopic (exact) mass is 294 g/mol. The summed E-state index contributed by atoms with van der Waals surface area (Å²) in [7, 11) is 0. The van der Waals surface area contributed by atoms with Gasteiger partial charge in [-0.1, -0.05) is 19.0 Å². The summed E-state index contributed by atoms with van der Waals surface area (Å²) < 4.78 is 5.19. The lowest BCUT2D eigenvalue weighted by atomic mass is 10.0. The molecule has 118 valence electrons. The van der Waals surface area contributed by atoms with E-state index >= 15 is 0 Å². The third-order valence-corrected chi connectivity index (χ3v) is 3.63. The van der Waals surface area contributed by atoms with Crippen molar-refractivity contribution in [3.63, 3.8) is 0 Å². The number of nitrogens with one attached hydrogen (secondary N) is 1. The maximum atomic E-state index is 11.9. The van der Waals surface area contributed by atoms with Gasteiger partial charge >= 0.3 is 0 Å². The van der Waals surface area contributed by atoms with Gasteiger partial charge in [0.1, 0.15) is 0 Å². The Labute approximate surface area is 125 Å². The molecule has 1 aromatic heterocycles. The summed E-state index contributed by atoms with van der Waals surface area (Å²) in [5.41, 5.74) is 5.68. The maximum absolute atomic E-state index is 11.9. The molecule has 0 aromatic carbocycles.